The zero-order valence-corrected chi connectivity index (χ0v) is 18.9. The minimum atomic E-state index is -3.80. The van der Waals surface area contributed by atoms with Crippen LogP contribution >= 0.6 is 11.6 Å². The molecular formula is C21H22ClN3O6S. The lowest BCUT2D eigenvalue weighted by atomic mass is 9.98. The number of nitrogens with zero attached hydrogens (tertiary/aromatic N) is 3. The van der Waals surface area contributed by atoms with Gasteiger partial charge in [0.15, 0.2) is 0 Å². The molecule has 0 aliphatic carbocycles. The monoisotopic (exact) mass is 479 g/mol. The van der Waals surface area contributed by atoms with Crippen molar-refractivity contribution in [2.75, 3.05) is 26.2 Å². The third-order valence-electron chi connectivity index (χ3n) is 6.09. The fourth-order valence-electron chi connectivity index (χ4n) is 4.34. The van der Waals surface area contributed by atoms with E-state index in [1.807, 2.05) is 0 Å². The van der Waals surface area contributed by atoms with E-state index in [-0.39, 0.29) is 48.3 Å². The largest absolute Gasteiger partial charge is 0.358 e. The van der Waals surface area contributed by atoms with E-state index in [1.165, 1.54) is 40.7 Å². The van der Waals surface area contributed by atoms with Crippen LogP contribution in [-0.2, 0) is 14.8 Å². The normalized spacial score (nSPS) is 18.8. The van der Waals surface area contributed by atoms with Crippen LogP contribution in [0.1, 0.15) is 28.8 Å². The SMILES string of the molecule is Cc1c(C(=O)N2CCC3(CC2)OCCN3S(=O)(=O)c2ccc(Cl)cc2)cccc1[N+](=O)[O-]. The van der Waals surface area contributed by atoms with Crippen LogP contribution in [0.3, 0.4) is 0 Å². The van der Waals surface area contributed by atoms with E-state index < -0.39 is 20.7 Å². The van der Waals surface area contributed by atoms with Crippen molar-refractivity contribution in [2.24, 2.45) is 0 Å². The summed E-state index contributed by atoms with van der Waals surface area (Å²) in [5.74, 6) is -0.314. The molecule has 2 aliphatic rings. The van der Waals surface area contributed by atoms with Crippen molar-refractivity contribution < 1.29 is 22.9 Å². The predicted molar refractivity (Wildman–Crippen MR) is 117 cm³/mol. The first-order valence-corrected chi connectivity index (χ1v) is 11.9. The quantitative estimate of drug-likeness (QED) is 0.492. The van der Waals surface area contributed by atoms with Gasteiger partial charge in [-0.3, -0.25) is 14.9 Å². The van der Waals surface area contributed by atoms with Crippen molar-refractivity contribution in [2.45, 2.75) is 30.4 Å². The highest BCUT2D eigenvalue weighted by Gasteiger charge is 2.51. The van der Waals surface area contributed by atoms with Crippen LogP contribution in [0.25, 0.3) is 0 Å². The van der Waals surface area contributed by atoms with Gasteiger partial charge in [-0.2, -0.15) is 4.31 Å². The summed E-state index contributed by atoms with van der Waals surface area (Å²) in [6.45, 7) is 2.59. The highest BCUT2D eigenvalue weighted by atomic mass is 35.5. The Balaban J connectivity index is 1.53. The molecule has 2 aliphatic heterocycles. The number of sulfonamides is 1. The Hall–Kier alpha value is -2.53. The summed E-state index contributed by atoms with van der Waals surface area (Å²) in [5, 5.41) is 11.6. The van der Waals surface area contributed by atoms with E-state index in [0.717, 1.165) is 0 Å². The number of amides is 1. The van der Waals surface area contributed by atoms with Crippen molar-refractivity contribution in [3.05, 3.63) is 68.7 Å². The second-order valence-electron chi connectivity index (χ2n) is 7.82. The maximum atomic E-state index is 13.3. The molecule has 0 saturated carbocycles. The number of hydrogen-bond donors (Lipinski definition) is 0. The molecule has 0 atom stereocenters. The molecule has 2 aromatic carbocycles. The molecule has 1 spiro atoms. The molecule has 0 aromatic heterocycles. The van der Waals surface area contributed by atoms with E-state index in [2.05, 4.69) is 0 Å². The first-order valence-electron chi connectivity index (χ1n) is 10.1. The Bertz CT molecular complexity index is 1160. The van der Waals surface area contributed by atoms with Gasteiger partial charge in [0, 0.05) is 54.7 Å². The van der Waals surface area contributed by atoms with Crippen LogP contribution in [0.2, 0.25) is 5.02 Å². The highest BCUT2D eigenvalue weighted by molar-refractivity contribution is 7.89. The summed E-state index contributed by atoms with van der Waals surface area (Å²) < 4.78 is 33.8. The Labute approximate surface area is 190 Å². The molecule has 4 rings (SSSR count). The number of carbonyl (C=O) groups excluding carboxylic acids is 1. The van der Waals surface area contributed by atoms with E-state index in [9.17, 15) is 23.3 Å². The van der Waals surface area contributed by atoms with E-state index in [0.29, 0.717) is 23.4 Å². The van der Waals surface area contributed by atoms with Crippen molar-refractivity contribution in [1.82, 2.24) is 9.21 Å². The number of carbonyl (C=O) groups is 1. The zero-order chi connectivity index (χ0) is 23.1. The van der Waals surface area contributed by atoms with Gasteiger partial charge in [0.1, 0.15) is 5.72 Å². The number of ether oxygens (including phenoxy) is 1. The first-order chi connectivity index (χ1) is 15.2. The van der Waals surface area contributed by atoms with Gasteiger partial charge in [0.25, 0.3) is 11.6 Å². The van der Waals surface area contributed by atoms with Crippen LogP contribution in [-0.4, -0.2) is 60.4 Å². The van der Waals surface area contributed by atoms with Crippen LogP contribution in [0, 0.1) is 17.0 Å². The number of rotatable bonds is 4. The van der Waals surface area contributed by atoms with Gasteiger partial charge >= 0.3 is 0 Å². The second-order valence-corrected chi connectivity index (χ2v) is 10.1. The molecule has 2 heterocycles. The van der Waals surface area contributed by atoms with E-state index in [1.54, 1.807) is 17.9 Å². The average molecular weight is 480 g/mol. The summed E-state index contributed by atoms with van der Waals surface area (Å²) in [4.78, 5) is 25.5. The fourth-order valence-corrected chi connectivity index (χ4v) is 6.19. The number of piperidine rings is 1. The molecule has 32 heavy (non-hydrogen) atoms. The highest BCUT2D eigenvalue weighted by Crippen LogP contribution is 2.39. The van der Waals surface area contributed by atoms with Gasteiger partial charge in [0.2, 0.25) is 10.0 Å². The van der Waals surface area contributed by atoms with Crippen LogP contribution in [0.15, 0.2) is 47.4 Å². The lowest BCUT2D eigenvalue weighted by molar-refractivity contribution is -0.385. The van der Waals surface area contributed by atoms with Gasteiger partial charge in [-0.25, -0.2) is 8.42 Å². The van der Waals surface area contributed by atoms with Gasteiger partial charge in [-0.1, -0.05) is 17.7 Å². The summed E-state index contributed by atoms with van der Waals surface area (Å²) in [5.41, 5.74) is -0.545. The van der Waals surface area contributed by atoms with Gasteiger partial charge in [-0.15, -0.1) is 0 Å². The van der Waals surface area contributed by atoms with Crippen molar-refractivity contribution in [3.63, 3.8) is 0 Å². The third kappa shape index (κ3) is 3.88. The molecule has 0 bridgehead atoms. The number of likely N-dealkylation sites (tertiary alicyclic amines) is 1. The first kappa shape index (κ1) is 22.7. The van der Waals surface area contributed by atoms with Crippen LogP contribution in [0.4, 0.5) is 5.69 Å². The third-order valence-corrected chi connectivity index (χ3v) is 8.30. The van der Waals surface area contributed by atoms with Gasteiger partial charge < -0.3 is 9.64 Å². The molecule has 1 amide bonds. The van der Waals surface area contributed by atoms with Crippen LogP contribution in [0.5, 0.6) is 0 Å². The minimum absolute atomic E-state index is 0.108. The number of benzene rings is 2. The van der Waals surface area contributed by atoms with Crippen molar-refractivity contribution >= 4 is 33.2 Å². The molecule has 170 valence electrons. The summed E-state index contributed by atoms with van der Waals surface area (Å²) in [6.07, 6.45) is 0.610. The van der Waals surface area contributed by atoms with Crippen molar-refractivity contribution in [3.8, 4) is 0 Å². The number of nitro groups is 1. The topological polar surface area (TPSA) is 110 Å². The Kier molecular flexibility index (Phi) is 5.97. The predicted octanol–water partition coefficient (Wildman–Crippen LogP) is 3.21. The summed E-state index contributed by atoms with van der Waals surface area (Å²) >= 11 is 5.89. The Morgan fingerprint density at radius 2 is 1.78 bits per heavy atom. The molecule has 2 fully saturated rings. The molecule has 2 saturated heterocycles. The maximum Gasteiger partial charge on any atom is 0.273 e. The Morgan fingerprint density at radius 3 is 2.41 bits per heavy atom. The average Bonchev–Trinajstić information content (AvgIpc) is 3.18. The van der Waals surface area contributed by atoms with Crippen molar-refractivity contribution in [1.29, 1.82) is 0 Å². The van der Waals surface area contributed by atoms with E-state index >= 15 is 0 Å². The lowest BCUT2D eigenvalue weighted by Gasteiger charge is -2.42. The van der Waals surface area contributed by atoms with Gasteiger partial charge in [0.05, 0.1) is 16.4 Å². The summed E-state index contributed by atoms with van der Waals surface area (Å²) in [7, 11) is -3.80. The Morgan fingerprint density at radius 1 is 1.12 bits per heavy atom. The number of halogens is 1. The maximum absolute atomic E-state index is 13.3. The minimum Gasteiger partial charge on any atom is -0.358 e. The summed E-state index contributed by atoms with van der Waals surface area (Å²) in [6, 6.07) is 10.4. The molecule has 2 aromatic rings. The second kappa shape index (κ2) is 8.43. The zero-order valence-electron chi connectivity index (χ0n) is 17.4. The molecule has 9 nitrogen and oxygen atoms in total. The number of hydrogen-bond acceptors (Lipinski definition) is 6. The molecular weight excluding hydrogens is 458 g/mol. The molecule has 11 heteroatoms. The standard InChI is InChI=1S/C21H22ClN3O6S/c1-15-18(3-2-4-19(15)25(27)28)20(26)23-11-9-21(10-12-23)24(13-14-31-21)32(29,30)17-7-5-16(22)6-8-17/h2-8H,9-14H2,1H3. The lowest BCUT2D eigenvalue weighted by Crippen LogP contribution is -2.55. The van der Waals surface area contributed by atoms with E-state index in [4.69, 9.17) is 16.3 Å². The molecule has 0 radical (unpaired) electrons. The van der Waals surface area contributed by atoms with Gasteiger partial charge in [-0.05, 0) is 37.3 Å². The fraction of sp³-hybridized carbons (Fsp3) is 0.381. The molecule has 0 unspecified atom stereocenters. The number of nitro benzene ring substituents is 1. The smallest absolute Gasteiger partial charge is 0.273 e. The molecule has 0 N–H and O–H groups in total. The van der Waals surface area contributed by atoms with Crippen LogP contribution < -0.4 is 0 Å².